The zero-order chi connectivity index (χ0) is 10.4. The Bertz CT molecular complexity index is 260. The molecule has 0 spiro atoms. The number of nitrogens with zero attached hydrogens (tertiary/aromatic N) is 2. The van der Waals surface area contributed by atoms with E-state index in [9.17, 15) is 0 Å². The van der Waals surface area contributed by atoms with Crippen LogP contribution in [0.3, 0.4) is 0 Å². The number of thiazole rings is 1. The summed E-state index contributed by atoms with van der Waals surface area (Å²) in [5.74, 6) is 0. The van der Waals surface area contributed by atoms with Gasteiger partial charge in [-0.2, -0.15) is 0 Å². The van der Waals surface area contributed by atoms with Gasteiger partial charge < -0.3 is 10.2 Å². The van der Waals surface area contributed by atoms with Crippen LogP contribution >= 0.6 is 11.3 Å². The predicted octanol–water partition coefficient (Wildman–Crippen LogP) is 1.70. The second kappa shape index (κ2) is 6.11. The SMILES string of the molecule is CCCN(C)Cc1csc(CNC)n1. The summed E-state index contributed by atoms with van der Waals surface area (Å²) in [4.78, 5) is 6.84. The van der Waals surface area contributed by atoms with Crippen molar-refractivity contribution in [2.45, 2.75) is 26.4 Å². The molecule has 0 radical (unpaired) electrons. The molecular formula is C10H19N3S. The fourth-order valence-corrected chi connectivity index (χ4v) is 2.19. The van der Waals surface area contributed by atoms with Crippen molar-refractivity contribution in [3.63, 3.8) is 0 Å². The van der Waals surface area contributed by atoms with Gasteiger partial charge in [0.05, 0.1) is 5.69 Å². The van der Waals surface area contributed by atoms with Gasteiger partial charge in [0.25, 0.3) is 0 Å². The van der Waals surface area contributed by atoms with Crippen molar-refractivity contribution in [2.75, 3.05) is 20.6 Å². The molecule has 4 heteroatoms. The van der Waals surface area contributed by atoms with Gasteiger partial charge in [-0.1, -0.05) is 6.92 Å². The van der Waals surface area contributed by atoms with E-state index in [1.807, 2.05) is 7.05 Å². The Balaban J connectivity index is 2.42. The smallest absolute Gasteiger partial charge is 0.107 e. The summed E-state index contributed by atoms with van der Waals surface area (Å²) >= 11 is 1.73. The van der Waals surface area contributed by atoms with Gasteiger partial charge in [-0.25, -0.2) is 4.98 Å². The lowest BCUT2D eigenvalue weighted by molar-refractivity contribution is 0.324. The van der Waals surface area contributed by atoms with E-state index < -0.39 is 0 Å². The largest absolute Gasteiger partial charge is 0.314 e. The molecule has 0 unspecified atom stereocenters. The van der Waals surface area contributed by atoms with Gasteiger partial charge >= 0.3 is 0 Å². The summed E-state index contributed by atoms with van der Waals surface area (Å²) in [5.41, 5.74) is 1.19. The van der Waals surface area contributed by atoms with Crippen molar-refractivity contribution in [1.82, 2.24) is 15.2 Å². The van der Waals surface area contributed by atoms with Gasteiger partial charge in [0.2, 0.25) is 0 Å². The van der Waals surface area contributed by atoms with Gasteiger partial charge in [-0.3, -0.25) is 0 Å². The standard InChI is InChI=1S/C10H19N3S/c1-4-5-13(3)7-9-8-14-10(12-9)6-11-2/h8,11H,4-7H2,1-3H3. The maximum Gasteiger partial charge on any atom is 0.107 e. The van der Waals surface area contributed by atoms with Crippen LogP contribution in [-0.4, -0.2) is 30.5 Å². The highest BCUT2D eigenvalue weighted by atomic mass is 32.1. The van der Waals surface area contributed by atoms with E-state index in [0.29, 0.717) is 0 Å². The maximum absolute atomic E-state index is 4.54. The van der Waals surface area contributed by atoms with Crippen LogP contribution in [0.25, 0.3) is 0 Å². The fraction of sp³-hybridized carbons (Fsp3) is 0.700. The first-order chi connectivity index (χ1) is 6.76. The van der Waals surface area contributed by atoms with E-state index in [2.05, 4.69) is 34.6 Å². The minimum atomic E-state index is 0.877. The third-order valence-corrected chi connectivity index (χ3v) is 2.86. The van der Waals surface area contributed by atoms with Gasteiger partial charge in [0, 0.05) is 18.5 Å². The lowest BCUT2D eigenvalue weighted by Gasteiger charge is -2.12. The highest BCUT2D eigenvalue weighted by Gasteiger charge is 2.03. The van der Waals surface area contributed by atoms with Crippen LogP contribution in [0.5, 0.6) is 0 Å². The average Bonchev–Trinajstić information content (AvgIpc) is 2.53. The molecule has 1 heterocycles. The summed E-state index contributed by atoms with van der Waals surface area (Å²) in [5, 5.41) is 6.44. The van der Waals surface area contributed by atoms with Crippen LogP contribution in [0.2, 0.25) is 0 Å². The second-order valence-corrected chi connectivity index (χ2v) is 4.44. The molecule has 1 aromatic heterocycles. The fourth-order valence-electron chi connectivity index (χ4n) is 1.39. The third-order valence-electron chi connectivity index (χ3n) is 1.96. The van der Waals surface area contributed by atoms with Crippen molar-refractivity contribution in [3.8, 4) is 0 Å². The molecule has 0 fully saturated rings. The van der Waals surface area contributed by atoms with Crippen LogP contribution in [-0.2, 0) is 13.1 Å². The van der Waals surface area contributed by atoms with Crippen molar-refractivity contribution in [3.05, 3.63) is 16.1 Å². The van der Waals surface area contributed by atoms with Crippen LogP contribution in [0.15, 0.2) is 5.38 Å². The minimum Gasteiger partial charge on any atom is -0.314 e. The number of hydrogen-bond donors (Lipinski definition) is 1. The first-order valence-corrected chi connectivity index (χ1v) is 5.90. The molecule has 1 N–H and O–H groups in total. The molecule has 14 heavy (non-hydrogen) atoms. The van der Waals surface area contributed by atoms with Crippen molar-refractivity contribution >= 4 is 11.3 Å². The average molecular weight is 213 g/mol. The van der Waals surface area contributed by atoms with Crippen molar-refractivity contribution in [2.24, 2.45) is 0 Å². The van der Waals surface area contributed by atoms with Crippen molar-refractivity contribution < 1.29 is 0 Å². The second-order valence-electron chi connectivity index (χ2n) is 3.50. The molecule has 0 aliphatic rings. The number of nitrogens with one attached hydrogen (secondary N) is 1. The zero-order valence-electron chi connectivity index (χ0n) is 9.21. The summed E-state index contributed by atoms with van der Waals surface area (Å²) < 4.78 is 0. The topological polar surface area (TPSA) is 28.2 Å². The van der Waals surface area contributed by atoms with Gasteiger partial charge in [0.1, 0.15) is 5.01 Å². The highest BCUT2D eigenvalue weighted by Crippen LogP contribution is 2.10. The summed E-state index contributed by atoms with van der Waals surface area (Å²) in [6.07, 6.45) is 1.20. The summed E-state index contributed by atoms with van der Waals surface area (Å²) in [6.45, 7) is 5.18. The van der Waals surface area contributed by atoms with Crippen molar-refractivity contribution in [1.29, 1.82) is 0 Å². The van der Waals surface area contributed by atoms with Crippen LogP contribution in [0.1, 0.15) is 24.0 Å². The molecule has 0 aliphatic heterocycles. The zero-order valence-corrected chi connectivity index (χ0v) is 10.0. The molecule has 3 nitrogen and oxygen atoms in total. The molecule has 0 atom stereocenters. The molecule has 0 aromatic carbocycles. The van der Waals surface area contributed by atoms with E-state index in [1.54, 1.807) is 11.3 Å². The minimum absolute atomic E-state index is 0.877. The predicted molar refractivity (Wildman–Crippen MR) is 61.5 cm³/mol. The summed E-state index contributed by atoms with van der Waals surface area (Å²) in [7, 11) is 4.09. The quantitative estimate of drug-likeness (QED) is 0.779. The van der Waals surface area contributed by atoms with E-state index in [4.69, 9.17) is 0 Å². The first-order valence-electron chi connectivity index (χ1n) is 5.02. The van der Waals surface area contributed by atoms with Crippen LogP contribution in [0, 0.1) is 0 Å². The molecule has 0 amide bonds. The Morgan fingerprint density at radius 3 is 3.00 bits per heavy atom. The van der Waals surface area contributed by atoms with Gasteiger partial charge in [-0.15, -0.1) is 11.3 Å². The van der Waals surface area contributed by atoms with Gasteiger partial charge in [-0.05, 0) is 27.1 Å². The molecule has 1 aromatic rings. The molecule has 0 saturated carbocycles. The number of aromatic nitrogens is 1. The third kappa shape index (κ3) is 3.74. The first kappa shape index (κ1) is 11.6. The Morgan fingerprint density at radius 1 is 1.57 bits per heavy atom. The van der Waals surface area contributed by atoms with E-state index in [0.717, 1.165) is 19.6 Å². The lowest BCUT2D eigenvalue weighted by atomic mass is 10.4. The highest BCUT2D eigenvalue weighted by molar-refractivity contribution is 7.09. The van der Waals surface area contributed by atoms with E-state index >= 15 is 0 Å². The molecule has 0 bridgehead atoms. The van der Waals surface area contributed by atoms with Gasteiger partial charge in [0.15, 0.2) is 0 Å². The Hall–Kier alpha value is -0.450. The monoisotopic (exact) mass is 213 g/mol. The Labute approximate surface area is 90.2 Å². The molecule has 1 rings (SSSR count). The number of rotatable bonds is 6. The normalized spacial score (nSPS) is 11.1. The van der Waals surface area contributed by atoms with Crippen LogP contribution < -0.4 is 5.32 Å². The lowest BCUT2D eigenvalue weighted by Crippen LogP contribution is -2.18. The van der Waals surface area contributed by atoms with Crippen LogP contribution in [0.4, 0.5) is 0 Å². The number of hydrogen-bond acceptors (Lipinski definition) is 4. The Kier molecular flexibility index (Phi) is 5.07. The summed E-state index contributed by atoms with van der Waals surface area (Å²) in [6, 6.07) is 0. The van der Waals surface area contributed by atoms with E-state index in [-0.39, 0.29) is 0 Å². The molecule has 80 valence electrons. The molecular weight excluding hydrogens is 194 g/mol. The maximum atomic E-state index is 4.54. The molecule has 0 aliphatic carbocycles. The molecule has 0 saturated heterocycles. The Morgan fingerprint density at radius 2 is 2.36 bits per heavy atom. The van der Waals surface area contributed by atoms with E-state index in [1.165, 1.54) is 17.1 Å².